The fraction of sp³-hybridized carbons (Fsp3) is 0.400. The van der Waals surface area contributed by atoms with Crippen LogP contribution >= 0.6 is 0 Å². The predicted molar refractivity (Wildman–Crippen MR) is 54.0 cm³/mol. The lowest BCUT2D eigenvalue weighted by Gasteiger charge is -2.17. The van der Waals surface area contributed by atoms with Crippen LogP contribution in [0.25, 0.3) is 0 Å². The van der Waals surface area contributed by atoms with Crippen molar-refractivity contribution in [2.75, 3.05) is 12.0 Å². The first-order valence-electron chi connectivity index (χ1n) is 4.89. The van der Waals surface area contributed by atoms with E-state index < -0.39 is 0 Å². The molecule has 15 heavy (non-hydrogen) atoms. The number of rotatable bonds is 2. The molecule has 1 saturated heterocycles. The van der Waals surface area contributed by atoms with Crippen LogP contribution in [0.1, 0.15) is 6.42 Å². The second-order valence-corrected chi connectivity index (χ2v) is 3.79. The summed E-state index contributed by atoms with van der Waals surface area (Å²) in [5.74, 6) is 0.532. The van der Waals surface area contributed by atoms with Crippen LogP contribution in [0.5, 0.6) is 5.88 Å². The predicted octanol–water partition coefficient (Wildman–Crippen LogP) is 0.761. The number of fused-ring (bicyclic) bond motifs is 1. The van der Waals surface area contributed by atoms with E-state index in [9.17, 15) is 4.79 Å². The molecule has 0 aromatic carbocycles. The van der Waals surface area contributed by atoms with E-state index in [0.29, 0.717) is 18.0 Å². The van der Waals surface area contributed by atoms with E-state index in [1.54, 1.807) is 24.3 Å². The van der Waals surface area contributed by atoms with Gasteiger partial charge in [-0.15, -0.1) is 0 Å². The highest BCUT2D eigenvalue weighted by molar-refractivity contribution is 5.97. The molecule has 0 bridgehead atoms. The summed E-state index contributed by atoms with van der Waals surface area (Å²) in [5.41, 5.74) is 0.851. The zero-order valence-corrected chi connectivity index (χ0v) is 8.30. The number of aromatic nitrogens is 1. The van der Waals surface area contributed by atoms with Gasteiger partial charge in [0.25, 0.3) is 0 Å². The summed E-state index contributed by atoms with van der Waals surface area (Å²) in [6, 6.07) is 4.24. The molecule has 5 heteroatoms. The molecule has 5 nitrogen and oxygen atoms in total. The van der Waals surface area contributed by atoms with Gasteiger partial charge in [-0.3, -0.25) is 4.90 Å². The van der Waals surface area contributed by atoms with Crippen LogP contribution in [0.15, 0.2) is 18.3 Å². The van der Waals surface area contributed by atoms with Crippen LogP contribution in [0, 0.1) is 0 Å². The highest BCUT2D eigenvalue weighted by atomic mass is 16.5. The van der Waals surface area contributed by atoms with Crippen LogP contribution in [-0.4, -0.2) is 30.2 Å². The molecular formula is C10H11N3O2. The molecule has 1 saturated carbocycles. The monoisotopic (exact) mass is 205 g/mol. The number of ether oxygens (including phenoxy) is 1. The van der Waals surface area contributed by atoms with Crippen molar-refractivity contribution in [3.63, 3.8) is 0 Å². The first-order chi connectivity index (χ1) is 7.29. The molecule has 2 atom stereocenters. The number of pyridine rings is 1. The maximum atomic E-state index is 11.6. The fourth-order valence-electron chi connectivity index (χ4n) is 1.97. The molecule has 0 spiro atoms. The number of nitrogens with one attached hydrogen (secondary N) is 1. The van der Waals surface area contributed by atoms with Gasteiger partial charge >= 0.3 is 6.03 Å². The topological polar surface area (TPSA) is 54.5 Å². The Bertz CT molecular complexity index is 421. The standard InChI is InChI=1S/C10H11N3O2/c1-15-9-4-6(2-3-11-9)13-8-5-7(8)12-10(13)14/h2-4,7-8H,5H2,1H3,(H,12,14)/t7-,8-/m1/s1. The summed E-state index contributed by atoms with van der Waals surface area (Å²) >= 11 is 0. The van der Waals surface area contributed by atoms with Crippen LogP contribution in [0.2, 0.25) is 0 Å². The van der Waals surface area contributed by atoms with Gasteiger partial charge in [0, 0.05) is 12.3 Å². The molecule has 2 amide bonds. The number of hydrogen-bond acceptors (Lipinski definition) is 3. The number of carbonyl (C=O) groups is 1. The summed E-state index contributed by atoms with van der Waals surface area (Å²) < 4.78 is 5.03. The Kier molecular flexibility index (Phi) is 1.62. The van der Waals surface area contributed by atoms with Gasteiger partial charge in [-0.05, 0) is 12.5 Å². The normalized spacial score (nSPS) is 27.3. The molecule has 3 rings (SSSR count). The minimum atomic E-state index is -0.0236. The molecule has 0 radical (unpaired) electrons. The van der Waals surface area contributed by atoms with Crippen molar-refractivity contribution in [2.45, 2.75) is 18.5 Å². The molecule has 1 aliphatic heterocycles. The van der Waals surface area contributed by atoms with E-state index >= 15 is 0 Å². The van der Waals surface area contributed by atoms with E-state index in [1.165, 1.54) is 0 Å². The highest BCUT2D eigenvalue weighted by Gasteiger charge is 2.52. The number of urea groups is 1. The maximum absolute atomic E-state index is 11.6. The fourth-order valence-corrected chi connectivity index (χ4v) is 1.97. The molecule has 1 aliphatic carbocycles. The molecule has 2 heterocycles. The molecular weight excluding hydrogens is 194 g/mol. The lowest BCUT2D eigenvalue weighted by atomic mass is 10.3. The minimum absolute atomic E-state index is 0.0236. The number of nitrogens with zero attached hydrogens (tertiary/aromatic N) is 2. The first-order valence-corrected chi connectivity index (χ1v) is 4.89. The summed E-state index contributed by atoms with van der Waals surface area (Å²) in [5, 5.41) is 2.90. The third kappa shape index (κ3) is 1.23. The Hall–Kier alpha value is -1.78. The van der Waals surface area contributed by atoms with Gasteiger partial charge in [-0.25, -0.2) is 9.78 Å². The quantitative estimate of drug-likeness (QED) is 0.775. The summed E-state index contributed by atoms with van der Waals surface area (Å²) in [6.45, 7) is 0. The summed E-state index contributed by atoms with van der Waals surface area (Å²) in [4.78, 5) is 17.4. The zero-order valence-electron chi connectivity index (χ0n) is 8.30. The van der Waals surface area contributed by atoms with Crippen LogP contribution in [-0.2, 0) is 0 Å². The Morgan fingerprint density at radius 1 is 1.67 bits per heavy atom. The van der Waals surface area contributed by atoms with Crippen molar-refractivity contribution in [1.29, 1.82) is 0 Å². The van der Waals surface area contributed by atoms with Crippen LogP contribution in [0.4, 0.5) is 10.5 Å². The number of amides is 2. The highest BCUT2D eigenvalue weighted by Crippen LogP contribution is 2.37. The van der Waals surface area contributed by atoms with Crippen molar-refractivity contribution in [3.8, 4) is 5.88 Å². The van der Waals surface area contributed by atoms with Crippen molar-refractivity contribution in [2.24, 2.45) is 0 Å². The maximum Gasteiger partial charge on any atom is 0.322 e. The van der Waals surface area contributed by atoms with Gasteiger partial charge in [0.2, 0.25) is 5.88 Å². The molecule has 2 fully saturated rings. The van der Waals surface area contributed by atoms with E-state index in [2.05, 4.69) is 10.3 Å². The second kappa shape index (κ2) is 2.85. The summed E-state index contributed by atoms with van der Waals surface area (Å²) in [6.07, 6.45) is 2.69. The van der Waals surface area contributed by atoms with E-state index in [-0.39, 0.29) is 6.03 Å². The molecule has 1 aromatic rings. The Labute approximate surface area is 87.0 Å². The Morgan fingerprint density at radius 2 is 2.53 bits per heavy atom. The smallest absolute Gasteiger partial charge is 0.322 e. The molecule has 0 unspecified atom stereocenters. The van der Waals surface area contributed by atoms with Gasteiger partial charge in [0.05, 0.1) is 24.9 Å². The Balaban J connectivity index is 1.94. The minimum Gasteiger partial charge on any atom is -0.481 e. The van der Waals surface area contributed by atoms with Crippen molar-refractivity contribution < 1.29 is 9.53 Å². The van der Waals surface area contributed by atoms with E-state index in [4.69, 9.17) is 4.74 Å². The van der Waals surface area contributed by atoms with Gasteiger partial charge in [0.15, 0.2) is 0 Å². The number of methoxy groups -OCH3 is 1. The lowest BCUT2D eigenvalue weighted by molar-refractivity contribution is 0.249. The van der Waals surface area contributed by atoms with Crippen molar-refractivity contribution in [1.82, 2.24) is 10.3 Å². The third-order valence-electron chi connectivity index (χ3n) is 2.82. The SMILES string of the molecule is COc1cc(N2C(=O)N[C@@H]3C[C@H]32)ccn1. The van der Waals surface area contributed by atoms with Crippen molar-refractivity contribution >= 4 is 11.7 Å². The van der Waals surface area contributed by atoms with Crippen LogP contribution in [0.3, 0.4) is 0 Å². The van der Waals surface area contributed by atoms with E-state index in [0.717, 1.165) is 12.1 Å². The molecule has 1 aromatic heterocycles. The Morgan fingerprint density at radius 3 is 3.20 bits per heavy atom. The lowest BCUT2D eigenvalue weighted by Crippen LogP contribution is -2.33. The average molecular weight is 205 g/mol. The second-order valence-electron chi connectivity index (χ2n) is 3.79. The van der Waals surface area contributed by atoms with Crippen LogP contribution < -0.4 is 15.0 Å². The summed E-state index contributed by atoms with van der Waals surface area (Å²) in [7, 11) is 1.57. The number of hydrogen-bond donors (Lipinski definition) is 1. The first kappa shape index (κ1) is 8.52. The molecule has 1 N–H and O–H groups in total. The van der Waals surface area contributed by atoms with Gasteiger partial charge < -0.3 is 10.1 Å². The molecule has 78 valence electrons. The van der Waals surface area contributed by atoms with Crippen molar-refractivity contribution in [3.05, 3.63) is 18.3 Å². The zero-order chi connectivity index (χ0) is 10.4. The number of anilines is 1. The molecule has 2 aliphatic rings. The van der Waals surface area contributed by atoms with Gasteiger partial charge in [-0.1, -0.05) is 0 Å². The van der Waals surface area contributed by atoms with Gasteiger partial charge in [0.1, 0.15) is 0 Å². The third-order valence-corrected chi connectivity index (χ3v) is 2.82. The average Bonchev–Trinajstić information content (AvgIpc) is 2.91. The largest absolute Gasteiger partial charge is 0.481 e. The number of carbonyl (C=O) groups excluding carboxylic acids is 1. The van der Waals surface area contributed by atoms with Gasteiger partial charge in [-0.2, -0.15) is 0 Å². The van der Waals surface area contributed by atoms with E-state index in [1.807, 2.05) is 6.07 Å².